The average Bonchev–Trinajstić information content (AvgIpc) is 3.43. The molecule has 0 spiro atoms. The summed E-state index contributed by atoms with van der Waals surface area (Å²) in [7, 11) is 0. The molecular formula is C18H26N2O3. The van der Waals surface area contributed by atoms with Crippen molar-refractivity contribution in [1.82, 2.24) is 5.32 Å². The number of hydrogen-bond donors (Lipinski definition) is 2. The predicted molar refractivity (Wildman–Crippen MR) is 88.0 cm³/mol. The highest BCUT2D eigenvalue weighted by Crippen LogP contribution is 2.31. The van der Waals surface area contributed by atoms with Gasteiger partial charge in [-0.05, 0) is 37.7 Å². The van der Waals surface area contributed by atoms with E-state index in [1.807, 2.05) is 24.3 Å². The number of nitrogens with one attached hydrogen (secondary N) is 1. The molecule has 0 unspecified atom stereocenters. The molecule has 1 aromatic carbocycles. The number of hydrogen-bond acceptors (Lipinski definition) is 4. The fourth-order valence-corrected chi connectivity index (χ4v) is 2.93. The predicted octanol–water partition coefficient (Wildman–Crippen LogP) is 1.85. The lowest BCUT2D eigenvalue weighted by Gasteiger charge is -2.34. The number of amides is 1. The number of benzene rings is 1. The molecule has 0 aromatic heterocycles. The molecule has 1 saturated carbocycles. The van der Waals surface area contributed by atoms with Crippen LogP contribution in [-0.2, 0) is 16.1 Å². The molecule has 2 aliphatic rings. The summed E-state index contributed by atoms with van der Waals surface area (Å²) in [6.07, 6.45) is 3.91. The number of carbonyl (C=O) groups excluding carboxylic acids is 1. The van der Waals surface area contributed by atoms with Gasteiger partial charge in [0.05, 0.1) is 12.0 Å². The van der Waals surface area contributed by atoms with E-state index in [4.69, 9.17) is 15.2 Å². The van der Waals surface area contributed by atoms with Gasteiger partial charge in [-0.15, -0.1) is 0 Å². The molecule has 1 aliphatic heterocycles. The fraction of sp³-hybridized carbons (Fsp3) is 0.611. The van der Waals surface area contributed by atoms with Crippen LogP contribution in [0.3, 0.4) is 0 Å². The first-order chi connectivity index (χ1) is 11.2. The largest absolute Gasteiger partial charge is 0.493 e. The number of carbonyl (C=O) groups is 1. The van der Waals surface area contributed by atoms with Crippen molar-refractivity contribution in [3.05, 3.63) is 29.8 Å². The van der Waals surface area contributed by atoms with Gasteiger partial charge in [0.15, 0.2) is 0 Å². The first kappa shape index (κ1) is 16.3. The van der Waals surface area contributed by atoms with Crippen LogP contribution >= 0.6 is 0 Å². The molecule has 0 bridgehead atoms. The van der Waals surface area contributed by atoms with Crippen molar-refractivity contribution in [3.63, 3.8) is 0 Å². The molecule has 1 aliphatic carbocycles. The van der Waals surface area contributed by atoms with Crippen LogP contribution in [-0.4, -0.2) is 32.3 Å². The van der Waals surface area contributed by atoms with Crippen LogP contribution in [0.4, 0.5) is 0 Å². The van der Waals surface area contributed by atoms with Gasteiger partial charge in [-0.3, -0.25) is 4.79 Å². The Morgan fingerprint density at radius 1 is 1.30 bits per heavy atom. The van der Waals surface area contributed by atoms with Gasteiger partial charge < -0.3 is 20.5 Å². The molecule has 1 heterocycles. The third-order valence-electron chi connectivity index (χ3n) is 4.91. The van der Waals surface area contributed by atoms with E-state index in [1.165, 1.54) is 12.8 Å². The molecule has 1 aromatic rings. The van der Waals surface area contributed by atoms with Crippen LogP contribution < -0.4 is 15.8 Å². The minimum atomic E-state index is -0.484. The maximum atomic E-state index is 12.6. The quantitative estimate of drug-likeness (QED) is 0.804. The number of nitrogens with two attached hydrogens (primary N) is 1. The van der Waals surface area contributed by atoms with Gasteiger partial charge in [-0.1, -0.05) is 18.2 Å². The van der Waals surface area contributed by atoms with Gasteiger partial charge in [0.2, 0.25) is 5.91 Å². The maximum Gasteiger partial charge on any atom is 0.227 e. The zero-order valence-electron chi connectivity index (χ0n) is 13.6. The van der Waals surface area contributed by atoms with Crippen molar-refractivity contribution < 1.29 is 14.3 Å². The molecule has 1 saturated heterocycles. The van der Waals surface area contributed by atoms with Crippen LogP contribution in [0.15, 0.2) is 24.3 Å². The molecule has 3 rings (SSSR count). The second-order valence-electron chi connectivity index (χ2n) is 6.64. The highest BCUT2D eigenvalue weighted by atomic mass is 16.5. The first-order valence-electron chi connectivity index (χ1n) is 8.50. The minimum absolute atomic E-state index is 0.0281. The second-order valence-corrected chi connectivity index (χ2v) is 6.64. The van der Waals surface area contributed by atoms with E-state index in [0.29, 0.717) is 45.1 Å². The Kier molecular flexibility index (Phi) is 5.18. The van der Waals surface area contributed by atoms with E-state index in [2.05, 4.69) is 5.32 Å². The average molecular weight is 318 g/mol. The summed E-state index contributed by atoms with van der Waals surface area (Å²) >= 11 is 0. The maximum absolute atomic E-state index is 12.6. The van der Waals surface area contributed by atoms with E-state index in [1.54, 1.807) is 0 Å². The summed E-state index contributed by atoms with van der Waals surface area (Å²) in [5.41, 5.74) is 6.42. The summed E-state index contributed by atoms with van der Waals surface area (Å²) in [5, 5.41) is 3.05. The Bertz CT molecular complexity index is 537. The molecule has 23 heavy (non-hydrogen) atoms. The fourth-order valence-electron chi connectivity index (χ4n) is 2.93. The third kappa shape index (κ3) is 4.03. The minimum Gasteiger partial charge on any atom is -0.493 e. The van der Waals surface area contributed by atoms with E-state index in [0.717, 1.165) is 17.9 Å². The second kappa shape index (κ2) is 7.32. The monoisotopic (exact) mass is 318 g/mol. The van der Waals surface area contributed by atoms with Gasteiger partial charge in [0.1, 0.15) is 5.75 Å². The molecule has 1 amide bonds. The molecule has 0 radical (unpaired) electrons. The van der Waals surface area contributed by atoms with Crippen molar-refractivity contribution in [2.75, 3.05) is 26.4 Å². The molecular weight excluding hydrogens is 292 g/mol. The SMILES string of the molecule is NCC1(C(=O)NCc2ccccc2OCC2CC2)CCOCC1. The smallest absolute Gasteiger partial charge is 0.227 e. The third-order valence-corrected chi connectivity index (χ3v) is 4.91. The van der Waals surface area contributed by atoms with E-state index in [-0.39, 0.29) is 5.91 Å². The van der Waals surface area contributed by atoms with Gasteiger partial charge in [-0.2, -0.15) is 0 Å². The van der Waals surface area contributed by atoms with Crippen molar-refractivity contribution in [1.29, 1.82) is 0 Å². The van der Waals surface area contributed by atoms with Gasteiger partial charge in [0.25, 0.3) is 0 Å². The number of ether oxygens (including phenoxy) is 2. The molecule has 2 fully saturated rings. The van der Waals surface area contributed by atoms with Gasteiger partial charge >= 0.3 is 0 Å². The number of rotatable bonds is 7. The summed E-state index contributed by atoms with van der Waals surface area (Å²) < 4.78 is 11.3. The molecule has 3 N–H and O–H groups in total. The lowest BCUT2D eigenvalue weighted by Crippen LogP contribution is -2.49. The van der Waals surface area contributed by atoms with Crippen LogP contribution in [0.2, 0.25) is 0 Å². The van der Waals surface area contributed by atoms with Gasteiger partial charge in [-0.25, -0.2) is 0 Å². The zero-order chi connectivity index (χ0) is 16.1. The lowest BCUT2D eigenvalue weighted by molar-refractivity contribution is -0.136. The van der Waals surface area contributed by atoms with Crippen molar-refractivity contribution in [3.8, 4) is 5.75 Å². The van der Waals surface area contributed by atoms with Crippen molar-refractivity contribution in [2.45, 2.75) is 32.2 Å². The summed E-state index contributed by atoms with van der Waals surface area (Å²) in [5.74, 6) is 1.61. The van der Waals surface area contributed by atoms with Crippen LogP contribution in [0.1, 0.15) is 31.2 Å². The highest BCUT2D eigenvalue weighted by molar-refractivity contribution is 5.83. The van der Waals surface area contributed by atoms with Crippen molar-refractivity contribution >= 4 is 5.91 Å². The summed E-state index contributed by atoms with van der Waals surface area (Å²) in [4.78, 5) is 12.6. The topological polar surface area (TPSA) is 73.6 Å². The first-order valence-corrected chi connectivity index (χ1v) is 8.50. The van der Waals surface area contributed by atoms with E-state index < -0.39 is 5.41 Å². The molecule has 0 atom stereocenters. The number of para-hydroxylation sites is 1. The van der Waals surface area contributed by atoms with Crippen LogP contribution in [0.5, 0.6) is 5.75 Å². The van der Waals surface area contributed by atoms with Crippen LogP contribution in [0, 0.1) is 11.3 Å². The zero-order valence-corrected chi connectivity index (χ0v) is 13.6. The van der Waals surface area contributed by atoms with E-state index in [9.17, 15) is 4.79 Å². The van der Waals surface area contributed by atoms with Gasteiger partial charge in [0, 0.05) is 31.9 Å². The Morgan fingerprint density at radius 3 is 2.74 bits per heavy atom. The van der Waals surface area contributed by atoms with Crippen molar-refractivity contribution in [2.24, 2.45) is 17.1 Å². The standard InChI is InChI=1S/C18H26N2O3/c19-13-18(7-9-22-10-8-18)17(21)20-11-15-3-1-2-4-16(15)23-12-14-5-6-14/h1-4,14H,5-13,19H2,(H,20,21). The molecule has 5 nitrogen and oxygen atoms in total. The van der Waals surface area contributed by atoms with E-state index >= 15 is 0 Å². The Labute approximate surface area is 137 Å². The Balaban J connectivity index is 1.59. The summed E-state index contributed by atoms with van der Waals surface area (Å²) in [6.45, 7) is 2.82. The normalized spacial score (nSPS) is 20.0. The lowest BCUT2D eigenvalue weighted by atomic mass is 9.79. The summed E-state index contributed by atoms with van der Waals surface area (Å²) in [6, 6.07) is 7.91. The Morgan fingerprint density at radius 2 is 2.04 bits per heavy atom. The molecule has 5 heteroatoms. The molecule has 126 valence electrons. The van der Waals surface area contributed by atoms with Crippen LogP contribution in [0.25, 0.3) is 0 Å². The highest BCUT2D eigenvalue weighted by Gasteiger charge is 2.38. The Hall–Kier alpha value is -1.59.